The Morgan fingerprint density at radius 2 is 1.87 bits per heavy atom. The minimum atomic E-state index is -0.0683. The van der Waals surface area contributed by atoms with E-state index >= 15 is 0 Å². The second-order valence-corrected chi connectivity index (χ2v) is 8.49. The third-order valence-electron chi connectivity index (χ3n) is 5.33. The number of carbonyl (C=O) groups is 1. The van der Waals surface area contributed by atoms with Crippen molar-refractivity contribution in [3.8, 4) is 0 Å². The van der Waals surface area contributed by atoms with Gasteiger partial charge in [0, 0.05) is 36.1 Å². The summed E-state index contributed by atoms with van der Waals surface area (Å²) in [6.45, 7) is 3.66. The molecular formula is C24H26N4OS. The number of rotatable bonds is 6. The summed E-state index contributed by atoms with van der Waals surface area (Å²) in [5.74, 6) is 0.863. The van der Waals surface area contributed by atoms with Crippen LogP contribution >= 0.6 is 11.8 Å². The molecule has 0 radical (unpaired) electrons. The van der Waals surface area contributed by atoms with Crippen molar-refractivity contribution in [3.05, 3.63) is 72.6 Å². The molecule has 1 aliphatic rings. The Morgan fingerprint density at radius 1 is 1.10 bits per heavy atom. The fraction of sp³-hybridized carbons (Fsp3) is 0.292. The van der Waals surface area contributed by atoms with Crippen LogP contribution in [0, 0.1) is 5.92 Å². The molecule has 1 aromatic heterocycles. The summed E-state index contributed by atoms with van der Waals surface area (Å²) in [4.78, 5) is 25.4. The number of aromatic nitrogens is 2. The number of hydrogen-bond donors (Lipinski definition) is 1. The van der Waals surface area contributed by atoms with Gasteiger partial charge in [0.15, 0.2) is 5.82 Å². The SMILES string of the molecule is CCc1ccc(NC(=O)[C@@H]2CCCN(c3nccnc3Sc3ccccc3)C2)cc1. The van der Waals surface area contributed by atoms with Crippen molar-refractivity contribution < 1.29 is 4.79 Å². The molecule has 1 amide bonds. The van der Waals surface area contributed by atoms with Gasteiger partial charge >= 0.3 is 0 Å². The fourth-order valence-corrected chi connectivity index (χ4v) is 4.56. The summed E-state index contributed by atoms with van der Waals surface area (Å²) in [6, 6.07) is 18.3. The number of piperidine rings is 1. The highest BCUT2D eigenvalue weighted by Crippen LogP contribution is 2.34. The Hall–Kier alpha value is -2.86. The average molecular weight is 419 g/mol. The number of anilines is 2. The number of amides is 1. The minimum absolute atomic E-state index is 0.0683. The van der Waals surface area contributed by atoms with Crippen LogP contribution in [0.3, 0.4) is 0 Å². The molecule has 0 spiro atoms. The van der Waals surface area contributed by atoms with Gasteiger partial charge < -0.3 is 10.2 Å². The van der Waals surface area contributed by atoms with Gasteiger partial charge in [-0.2, -0.15) is 0 Å². The number of nitrogens with zero attached hydrogens (tertiary/aromatic N) is 3. The van der Waals surface area contributed by atoms with Crippen LogP contribution in [0.15, 0.2) is 76.9 Å². The summed E-state index contributed by atoms with van der Waals surface area (Å²) in [7, 11) is 0. The summed E-state index contributed by atoms with van der Waals surface area (Å²) >= 11 is 1.61. The first-order valence-corrected chi connectivity index (χ1v) is 11.2. The summed E-state index contributed by atoms with van der Waals surface area (Å²) in [5.41, 5.74) is 2.12. The van der Waals surface area contributed by atoms with Crippen LogP contribution in [-0.4, -0.2) is 29.0 Å². The maximum absolute atomic E-state index is 12.9. The van der Waals surface area contributed by atoms with Gasteiger partial charge in [0.1, 0.15) is 5.03 Å². The molecule has 5 nitrogen and oxygen atoms in total. The Balaban J connectivity index is 1.45. The maximum atomic E-state index is 12.9. The molecule has 154 valence electrons. The van der Waals surface area contributed by atoms with E-state index in [0.717, 1.165) is 47.2 Å². The van der Waals surface area contributed by atoms with Crippen LogP contribution in [0.25, 0.3) is 0 Å². The molecule has 2 heterocycles. The van der Waals surface area contributed by atoms with Crippen molar-refractivity contribution in [1.29, 1.82) is 0 Å². The lowest BCUT2D eigenvalue weighted by molar-refractivity contribution is -0.120. The quantitative estimate of drug-likeness (QED) is 0.607. The van der Waals surface area contributed by atoms with Gasteiger partial charge in [-0.1, -0.05) is 49.0 Å². The van der Waals surface area contributed by atoms with E-state index in [4.69, 9.17) is 0 Å². The predicted octanol–water partition coefficient (Wildman–Crippen LogP) is 5.05. The van der Waals surface area contributed by atoms with Crippen molar-refractivity contribution in [1.82, 2.24) is 9.97 Å². The first kappa shape index (κ1) is 20.4. The molecule has 4 rings (SSSR count). The van der Waals surface area contributed by atoms with Gasteiger partial charge in [-0.25, -0.2) is 9.97 Å². The van der Waals surface area contributed by atoms with E-state index in [2.05, 4.69) is 51.4 Å². The number of benzene rings is 2. The molecule has 30 heavy (non-hydrogen) atoms. The zero-order valence-electron chi connectivity index (χ0n) is 17.1. The molecule has 0 saturated carbocycles. The van der Waals surface area contributed by atoms with Crippen LogP contribution in [-0.2, 0) is 11.2 Å². The zero-order valence-corrected chi connectivity index (χ0v) is 17.9. The minimum Gasteiger partial charge on any atom is -0.354 e. The Morgan fingerprint density at radius 3 is 2.63 bits per heavy atom. The second kappa shape index (κ2) is 9.76. The lowest BCUT2D eigenvalue weighted by atomic mass is 9.97. The van der Waals surface area contributed by atoms with Gasteiger partial charge in [0.25, 0.3) is 0 Å². The average Bonchev–Trinajstić information content (AvgIpc) is 2.81. The molecule has 1 N–H and O–H groups in total. The lowest BCUT2D eigenvalue weighted by Crippen LogP contribution is -2.41. The molecule has 1 saturated heterocycles. The van der Waals surface area contributed by atoms with Crippen molar-refractivity contribution >= 4 is 29.2 Å². The van der Waals surface area contributed by atoms with E-state index in [9.17, 15) is 4.79 Å². The van der Waals surface area contributed by atoms with Crippen LogP contribution in [0.4, 0.5) is 11.5 Å². The predicted molar refractivity (Wildman–Crippen MR) is 122 cm³/mol. The molecule has 0 unspecified atom stereocenters. The number of nitrogens with one attached hydrogen (secondary N) is 1. The molecule has 6 heteroatoms. The first-order chi connectivity index (χ1) is 14.7. The van der Waals surface area contributed by atoms with Crippen LogP contribution in [0.1, 0.15) is 25.3 Å². The Bertz CT molecular complexity index is 978. The third kappa shape index (κ3) is 5.00. The Labute approximate surface area is 181 Å². The van der Waals surface area contributed by atoms with Crippen molar-refractivity contribution in [2.75, 3.05) is 23.3 Å². The topological polar surface area (TPSA) is 58.1 Å². The van der Waals surface area contributed by atoms with Gasteiger partial charge in [-0.3, -0.25) is 4.79 Å². The number of carbonyl (C=O) groups excluding carboxylic acids is 1. The first-order valence-electron chi connectivity index (χ1n) is 10.4. The molecule has 2 aromatic carbocycles. The van der Waals surface area contributed by atoms with Crippen LogP contribution < -0.4 is 10.2 Å². The summed E-state index contributed by atoms with van der Waals surface area (Å²) in [5, 5.41) is 3.96. The standard InChI is InChI=1S/C24H26N4OS/c1-2-18-10-12-20(13-11-18)27-23(29)19-7-6-16-28(17-19)22-24(26-15-14-25-22)30-21-8-4-3-5-9-21/h3-5,8-15,19H,2,6-7,16-17H2,1H3,(H,27,29)/t19-/m1/s1. The van der Waals surface area contributed by atoms with E-state index in [0.29, 0.717) is 6.54 Å². The van der Waals surface area contributed by atoms with Crippen molar-refractivity contribution in [2.24, 2.45) is 5.92 Å². The van der Waals surface area contributed by atoms with E-state index < -0.39 is 0 Å². The third-order valence-corrected chi connectivity index (χ3v) is 6.31. The van der Waals surface area contributed by atoms with Crippen LogP contribution in [0.2, 0.25) is 0 Å². The summed E-state index contributed by atoms with van der Waals surface area (Å²) in [6.07, 6.45) is 6.29. The van der Waals surface area contributed by atoms with E-state index in [1.165, 1.54) is 5.56 Å². The molecular weight excluding hydrogens is 392 g/mol. The monoisotopic (exact) mass is 418 g/mol. The van der Waals surface area contributed by atoms with Gasteiger partial charge in [0.2, 0.25) is 5.91 Å². The highest BCUT2D eigenvalue weighted by molar-refractivity contribution is 7.99. The van der Waals surface area contributed by atoms with Crippen molar-refractivity contribution in [3.63, 3.8) is 0 Å². The number of aryl methyl sites for hydroxylation is 1. The van der Waals surface area contributed by atoms with Gasteiger partial charge in [-0.15, -0.1) is 0 Å². The summed E-state index contributed by atoms with van der Waals surface area (Å²) < 4.78 is 0. The highest BCUT2D eigenvalue weighted by Gasteiger charge is 2.28. The molecule has 1 atom stereocenters. The van der Waals surface area contributed by atoms with E-state index in [1.54, 1.807) is 24.2 Å². The largest absolute Gasteiger partial charge is 0.354 e. The fourth-order valence-electron chi connectivity index (χ4n) is 3.66. The Kier molecular flexibility index (Phi) is 6.64. The van der Waals surface area contributed by atoms with E-state index in [1.807, 2.05) is 30.3 Å². The maximum Gasteiger partial charge on any atom is 0.229 e. The lowest BCUT2D eigenvalue weighted by Gasteiger charge is -2.33. The van der Waals surface area contributed by atoms with Crippen molar-refractivity contribution in [2.45, 2.75) is 36.1 Å². The second-order valence-electron chi connectivity index (χ2n) is 7.43. The highest BCUT2D eigenvalue weighted by atomic mass is 32.2. The van der Waals surface area contributed by atoms with Crippen LogP contribution in [0.5, 0.6) is 0 Å². The zero-order chi connectivity index (χ0) is 20.8. The van der Waals surface area contributed by atoms with Gasteiger partial charge in [-0.05, 0) is 49.1 Å². The van der Waals surface area contributed by atoms with Gasteiger partial charge in [0.05, 0.1) is 5.92 Å². The smallest absolute Gasteiger partial charge is 0.229 e. The van der Waals surface area contributed by atoms with E-state index in [-0.39, 0.29) is 11.8 Å². The normalized spacial score (nSPS) is 16.3. The molecule has 0 bridgehead atoms. The molecule has 1 fully saturated rings. The molecule has 0 aliphatic carbocycles. The molecule has 3 aromatic rings. The number of hydrogen-bond acceptors (Lipinski definition) is 5. The molecule has 1 aliphatic heterocycles.